The van der Waals surface area contributed by atoms with Crippen LogP contribution in [0.15, 0.2) is 58.2 Å². The number of nitriles is 1. The van der Waals surface area contributed by atoms with E-state index in [1.54, 1.807) is 24.3 Å². The molecule has 0 radical (unpaired) electrons. The van der Waals surface area contributed by atoms with Gasteiger partial charge >= 0.3 is 5.97 Å². The number of nitrogens with zero attached hydrogens (tertiary/aromatic N) is 2. The van der Waals surface area contributed by atoms with Gasteiger partial charge in [0.05, 0.1) is 11.6 Å². The van der Waals surface area contributed by atoms with E-state index in [-0.39, 0.29) is 5.75 Å². The second-order valence-electron chi connectivity index (χ2n) is 5.55. The van der Waals surface area contributed by atoms with Crippen molar-refractivity contribution in [2.24, 2.45) is 0 Å². The van der Waals surface area contributed by atoms with Crippen LogP contribution < -0.4 is 5.32 Å². The number of para-hydroxylation sites is 2. The van der Waals surface area contributed by atoms with Crippen molar-refractivity contribution < 1.29 is 18.7 Å². The zero-order valence-corrected chi connectivity index (χ0v) is 15.2. The topological polar surface area (TPSA) is 105 Å². The first-order valence-corrected chi connectivity index (χ1v) is 9.02. The van der Waals surface area contributed by atoms with Crippen molar-refractivity contribution in [3.05, 3.63) is 54.1 Å². The maximum atomic E-state index is 12.1. The van der Waals surface area contributed by atoms with E-state index in [1.165, 1.54) is 13.0 Å². The van der Waals surface area contributed by atoms with Crippen LogP contribution in [0.2, 0.25) is 0 Å². The lowest BCUT2D eigenvalue weighted by Crippen LogP contribution is -2.30. The summed E-state index contributed by atoms with van der Waals surface area (Å²) >= 11 is 1.10. The molecule has 0 aliphatic heterocycles. The molecular formula is C19H15N3O4S. The van der Waals surface area contributed by atoms with E-state index < -0.39 is 18.0 Å². The number of carbonyl (C=O) groups is 2. The summed E-state index contributed by atoms with van der Waals surface area (Å²) in [5.41, 5.74) is 2.23. The first kappa shape index (κ1) is 18.5. The van der Waals surface area contributed by atoms with Crippen molar-refractivity contribution in [3.63, 3.8) is 0 Å². The van der Waals surface area contributed by atoms with Gasteiger partial charge in [-0.25, -0.2) is 4.98 Å². The van der Waals surface area contributed by atoms with E-state index in [4.69, 9.17) is 14.4 Å². The Bertz CT molecular complexity index is 992. The Morgan fingerprint density at radius 1 is 1.30 bits per heavy atom. The van der Waals surface area contributed by atoms with Gasteiger partial charge in [-0.1, -0.05) is 30.0 Å². The van der Waals surface area contributed by atoms with Gasteiger partial charge in [0.15, 0.2) is 11.7 Å². The number of rotatable bonds is 6. The third kappa shape index (κ3) is 4.86. The van der Waals surface area contributed by atoms with Gasteiger partial charge in [-0.15, -0.1) is 0 Å². The smallest absolute Gasteiger partial charge is 0.317 e. The largest absolute Gasteiger partial charge is 0.452 e. The number of anilines is 1. The van der Waals surface area contributed by atoms with Gasteiger partial charge in [-0.3, -0.25) is 9.59 Å². The predicted octanol–water partition coefficient (Wildman–Crippen LogP) is 3.36. The van der Waals surface area contributed by atoms with E-state index in [2.05, 4.69) is 10.3 Å². The second-order valence-corrected chi connectivity index (χ2v) is 6.48. The number of esters is 1. The highest BCUT2D eigenvalue weighted by Gasteiger charge is 2.19. The number of ether oxygens (including phenoxy) is 1. The van der Waals surface area contributed by atoms with Crippen molar-refractivity contribution in [1.82, 2.24) is 4.98 Å². The third-order valence-electron chi connectivity index (χ3n) is 3.52. The first-order valence-electron chi connectivity index (χ1n) is 8.04. The molecule has 1 amide bonds. The number of nitrogens with one attached hydrogen (secondary N) is 1. The molecule has 8 heteroatoms. The Labute approximate surface area is 159 Å². The monoisotopic (exact) mass is 381 g/mol. The molecule has 0 bridgehead atoms. The fourth-order valence-electron chi connectivity index (χ4n) is 2.23. The summed E-state index contributed by atoms with van der Waals surface area (Å²) in [7, 11) is 0. The molecule has 7 nitrogen and oxygen atoms in total. The normalized spacial score (nSPS) is 11.6. The molecule has 3 aromatic rings. The number of benzene rings is 2. The van der Waals surface area contributed by atoms with Gasteiger partial charge in [-0.05, 0) is 37.3 Å². The Kier molecular flexibility index (Phi) is 5.74. The molecule has 1 aromatic heterocycles. The second kappa shape index (κ2) is 8.38. The van der Waals surface area contributed by atoms with E-state index in [1.807, 2.05) is 24.3 Å². The van der Waals surface area contributed by atoms with Gasteiger partial charge in [0, 0.05) is 5.69 Å². The van der Waals surface area contributed by atoms with Crippen LogP contribution in [0, 0.1) is 11.3 Å². The minimum absolute atomic E-state index is 0.0334. The van der Waals surface area contributed by atoms with Crippen LogP contribution in [0.3, 0.4) is 0 Å². The average molecular weight is 381 g/mol. The van der Waals surface area contributed by atoms with Crippen molar-refractivity contribution in [1.29, 1.82) is 5.26 Å². The maximum Gasteiger partial charge on any atom is 0.317 e. The van der Waals surface area contributed by atoms with Gasteiger partial charge < -0.3 is 14.5 Å². The molecule has 27 heavy (non-hydrogen) atoms. The SMILES string of the molecule is C[C@@H](OC(=O)CSc1nc2ccccc2o1)C(=O)Nc1cccc(C#N)c1. The molecule has 0 spiro atoms. The minimum Gasteiger partial charge on any atom is -0.452 e. The Morgan fingerprint density at radius 3 is 2.89 bits per heavy atom. The molecule has 0 saturated carbocycles. The molecule has 0 unspecified atom stereocenters. The molecule has 0 aliphatic carbocycles. The van der Waals surface area contributed by atoms with Crippen molar-refractivity contribution >= 4 is 40.4 Å². The summed E-state index contributed by atoms with van der Waals surface area (Å²) in [6.07, 6.45) is -0.979. The van der Waals surface area contributed by atoms with E-state index in [9.17, 15) is 9.59 Å². The van der Waals surface area contributed by atoms with Crippen LogP contribution in [0.1, 0.15) is 12.5 Å². The molecule has 2 aromatic carbocycles. The van der Waals surface area contributed by atoms with Gasteiger partial charge in [0.25, 0.3) is 11.1 Å². The van der Waals surface area contributed by atoms with E-state index in [0.717, 1.165) is 11.8 Å². The van der Waals surface area contributed by atoms with Crippen LogP contribution in [0.4, 0.5) is 5.69 Å². The molecule has 1 atom stereocenters. The molecule has 3 rings (SSSR count). The summed E-state index contributed by atoms with van der Waals surface area (Å²) < 4.78 is 10.6. The third-order valence-corrected chi connectivity index (χ3v) is 4.33. The summed E-state index contributed by atoms with van der Waals surface area (Å²) in [4.78, 5) is 28.3. The van der Waals surface area contributed by atoms with E-state index in [0.29, 0.717) is 27.6 Å². The molecule has 1 N–H and O–H groups in total. The number of thioether (sulfide) groups is 1. The highest BCUT2D eigenvalue weighted by atomic mass is 32.2. The molecule has 1 heterocycles. The summed E-state index contributed by atoms with van der Waals surface area (Å²) in [6, 6.07) is 15.7. The van der Waals surface area contributed by atoms with Crippen LogP contribution in [-0.2, 0) is 14.3 Å². The van der Waals surface area contributed by atoms with Gasteiger partial charge in [0.1, 0.15) is 11.3 Å². The minimum atomic E-state index is -0.979. The fourth-order valence-corrected chi connectivity index (χ4v) is 2.85. The summed E-state index contributed by atoms with van der Waals surface area (Å²) in [6.45, 7) is 1.48. The predicted molar refractivity (Wildman–Crippen MR) is 100 cm³/mol. The van der Waals surface area contributed by atoms with Gasteiger partial charge in [0.2, 0.25) is 0 Å². The van der Waals surface area contributed by atoms with Crippen LogP contribution in [0.5, 0.6) is 0 Å². The Morgan fingerprint density at radius 2 is 2.11 bits per heavy atom. The maximum absolute atomic E-state index is 12.1. The Balaban J connectivity index is 1.50. The van der Waals surface area contributed by atoms with Crippen molar-refractivity contribution in [2.45, 2.75) is 18.3 Å². The number of hydrogen-bond acceptors (Lipinski definition) is 7. The summed E-state index contributed by atoms with van der Waals surface area (Å²) in [5, 5.41) is 11.8. The molecule has 136 valence electrons. The zero-order chi connectivity index (χ0) is 19.2. The van der Waals surface area contributed by atoms with Crippen LogP contribution in [0.25, 0.3) is 11.1 Å². The lowest BCUT2D eigenvalue weighted by Gasteiger charge is -2.13. The number of hydrogen-bond donors (Lipinski definition) is 1. The molecule has 0 aliphatic rings. The van der Waals surface area contributed by atoms with Crippen molar-refractivity contribution in [2.75, 3.05) is 11.1 Å². The Hall–Kier alpha value is -3.31. The zero-order valence-electron chi connectivity index (χ0n) is 14.3. The number of carbonyl (C=O) groups excluding carboxylic acids is 2. The summed E-state index contributed by atoms with van der Waals surface area (Å²) in [5.74, 6) is -1.07. The van der Waals surface area contributed by atoms with Crippen LogP contribution in [-0.4, -0.2) is 28.7 Å². The lowest BCUT2D eigenvalue weighted by molar-refractivity contribution is -0.150. The highest BCUT2D eigenvalue weighted by Crippen LogP contribution is 2.23. The van der Waals surface area contributed by atoms with Gasteiger partial charge in [-0.2, -0.15) is 5.26 Å². The number of aromatic nitrogens is 1. The fraction of sp³-hybridized carbons (Fsp3) is 0.158. The first-order chi connectivity index (χ1) is 13.0. The highest BCUT2D eigenvalue weighted by molar-refractivity contribution is 7.99. The molecular weight excluding hydrogens is 366 g/mol. The lowest BCUT2D eigenvalue weighted by atomic mass is 10.2. The standard InChI is InChI=1S/C19H15N3O4S/c1-12(18(24)21-14-6-4-5-13(9-14)10-20)25-17(23)11-27-19-22-15-7-2-3-8-16(15)26-19/h2-9,12H,11H2,1H3,(H,21,24)/t12-/m1/s1. The molecule has 0 saturated heterocycles. The average Bonchev–Trinajstić information content (AvgIpc) is 3.09. The quantitative estimate of drug-likeness (QED) is 0.515. The van der Waals surface area contributed by atoms with Crippen molar-refractivity contribution in [3.8, 4) is 6.07 Å². The van der Waals surface area contributed by atoms with E-state index >= 15 is 0 Å². The number of amides is 1. The number of fused-ring (bicyclic) bond motifs is 1. The number of oxazole rings is 1. The molecule has 0 fully saturated rings. The van der Waals surface area contributed by atoms with Crippen LogP contribution >= 0.6 is 11.8 Å².